The van der Waals surface area contributed by atoms with Gasteiger partial charge in [-0.15, -0.1) is 0 Å². The zero-order chi connectivity index (χ0) is 25.0. The standard InChI is InChI=1S/C28H19BrCl2N2O2S/c1-35-18-8-11-22(29)16(12-18)13-24-27(34)33-26(20-10-7-17(30)14-23(20)31)21-9-6-15-4-2-3-5-19(15)25(21)32-28(33)36-24/h2-5,7-8,10-14,26H,6,9H2,1H3. The molecule has 0 saturated heterocycles. The van der Waals surface area contributed by atoms with Gasteiger partial charge < -0.3 is 4.74 Å². The summed E-state index contributed by atoms with van der Waals surface area (Å²) in [5.41, 5.74) is 6.01. The predicted molar refractivity (Wildman–Crippen MR) is 150 cm³/mol. The summed E-state index contributed by atoms with van der Waals surface area (Å²) in [6, 6.07) is 19.1. The van der Waals surface area contributed by atoms with Crippen LogP contribution in [0.15, 0.2) is 80.5 Å². The molecule has 0 N–H and O–H groups in total. The number of methoxy groups -OCH3 is 1. The third kappa shape index (κ3) is 3.97. The lowest BCUT2D eigenvalue weighted by atomic mass is 9.83. The molecule has 1 unspecified atom stereocenters. The number of hydrogen-bond acceptors (Lipinski definition) is 4. The normalized spacial score (nSPS) is 16.8. The van der Waals surface area contributed by atoms with Crippen LogP contribution >= 0.6 is 50.5 Å². The molecular formula is C28H19BrCl2N2O2S. The maximum absolute atomic E-state index is 13.9. The lowest BCUT2D eigenvalue weighted by molar-refractivity contribution is 0.414. The van der Waals surface area contributed by atoms with E-state index < -0.39 is 0 Å². The highest BCUT2D eigenvalue weighted by Gasteiger charge is 2.33. The number of rotatable bonds is 3. The summed E-state index contributed by atoms with van der Waals surface area (Å²) in [6.45, 7) is 0. The van der Waals surface area contributed by atoms with Gasteiger partial charge in [-0.3, -0.25) is 9.36 Å². The molecule has 0 radical (unpaired) electrons. The number of nitrogens with zero attached hydrogens (tertiary/aromatic N) is 2. The van der Waals surface area contributed by atoms with Crippen molar-refractivity contribution in [3.05, 3.63) is 123 Å². The molecular weight excluding hydrogens is 579 g/mol. The molecule has 0 spiro atoms. The first kappa shape index (κ1) is 23.7. The quantitative estimate of drug-likeness (QED) is 0.274. The van der Waals surface area contributed by atoms with Crippen LogP contribution in [0.2, 0.25) is 10.0 Å². The third-order valence-electron chi connectivity index (χ3n) is 6.62. The van der Waals surface area contributed by atoms with Crippen molar-refractivity contribution in [3.63, 3.8) is 0 Å². The van der Waals surface area contributed by atoms with Gasteiger partial charge in [-0.05, 0) is 71.5 Å². The zero-order valence-electron chi connectivity index (χ0n) is 19.1. The molecule has 8 heteroatoms. The minimum atomic E-state index is -0.356. The number of aromatic nitrogens is 1. The summed E-state index contributed by atoms with van der Waals surface area (Å²) in [5, 5.41) is 1.09. The van der Waals surface area contributed by atoms with E-state index in [2.05, 4.69) is 34.1 Å². The van der Waals surface area contributed by atoms with Crippen LogP contribution in [0.5, 0.6) is 5.75 Å². The van der Waals surface area contributed by atoms with E-state index in [-0.39, 0.29) is 11.6 Å². The van der Waals surface area contributed by atoms with Gasteiger partial charge in [0.2, 0.25) is 0 Å². The largest absolute Gasteiger partial charge is 0.497 e. The predicted octanol–water partition coefficient (Wildman–Crippen LogP) is 6.40. The van der Waals surface area contributed by atoms with Crippen LogP contribution in [0.4, 0.5) is 0 Å². The van der Waals surface area contributed by atoms with Gasteiger partial charge in [-0.25, -0.2) is 4.99 Å². The minimum absolute atomic E-state index is 0.102. The summed E-state index contributed by atoms with van der Waals surface area (Å²) in [7, 11) is 1.62. The summed E-state index contributed by atoms with van der Waals surface area (Å²) in [4.78, 5) is 19.6. The molecule has 0 saturated carbocycles. The highest BCUT2D eigenvalue weighted by atomic mass is 79.9. The van der Waals surface area contributed by atoms with Crippen molar-refractivity contribution in [1.82, 2.24) is 4.57 Å². The number of ether oxygens (including phenoxy) is 1. The zero-order valence-corrected chi connectivity index (χ0v) is 23.0. The highest BCUT2D eigenvalue weighted by Crippen LogP contribution is 2.43. The van der Waals surface area contributed by atoms with E-state index in [0.29, 0.717) is 19.4 Å². The molecule has 1 aliphatic heterocycles. The number of fused-ring (bicyclic) bond motifs is 3. The van der Waals surface area contributed by atoms with Crippen molar-refractivity contribution in [2.75, 3.05) is 7.11 Å². The number of aryl methyl sites for hydroxylation is 1. The average molecular weight is 598 g/mol. The first-order chi connectivity index (χ1) is 17.4. The third-order valence-corrected chi connectivity index (χ3v) is 8.89. The van der Waals surface area contributed by atoms with Crippen molar-refractivity contribution in [1.29, 1.82) is 0 Å². The van der Waals surface area contributed by atoms with E-state index in [1.54, 1.807) is 17.7 Å². The van der Waals surface area contributed by atoms with Crippen LogP contribution in [0.1, 0.15) is 34.7 Å². The van der Waals surface area contributed by atoms with Gasteiger partial charge in [-0.2, -0.15) is 0 Å². The molecule has 4 aromatic rings. The maximum atomic E-state index is 13.9. The molecule has 0 bridgehead atoms. The second-order valence-corrected chi connectivity index (χ2v) is 11.4. The smallest absolute Gasteiger partial charge is 0.271 e. The number of halogens is 3. The Morgan fingerprint density at radius 1 is 1.11 bits per heavy atom. The van der Waals surface area contributed by atoms with E-state index in [9.17, 15) is 4.79 Å². The first-order valence-corrected chi connectivity index (χ1v) is 13.7. The summed E-state index contributed by atoms with van der Waals surface area (Å²) < 4.78 is 8.63. The van der Waals surface area contributed by atoms with Gasteiger partial charge in [-0.1, -0.05) is 80.8 Å². The maximum Gasteiger partial charge on any atom is 0.271 e. The van der Waals surface area contributed by atoms with Crippen LogP contribution in [0.25, 0.3) is 11.8 Å². The molecule has 2 aliphatic rings. The number of allylic oxidation sites excluding steroid dienone is 1. The lowest BCUT2D eigenvalue weighted by Gasteiger charge is -2.31. The van der Waals surface area contributed by atoms with Gasteiger partial charge in [0.05, 0.1) is 23.4 Å². The Morgan fingerprint density at radius 2 is 1.94 bits per heavy atom. The van der Waals surface area contributed by atoms with Crippen molar-refractivity contribution in [2.24, 2.45) is 4.99 Å². The molecule has 36 heavy (non-hydrogen) atoms. The van der Waals surface area contributed by atoms with Crippen LogP contribution < -0.4 is 19.6 Å². The second kappa shape index (κ2) is 9.34. The molecule has 2 heterocycles. The Balaban J connectivity index is 1.64. The molecule has 1 aromatic heterocycles. The van der Waals surface area contributed by atoms with Gasteiger partial charge in [0.15, 0.2) is 4.80 Å². The van der Waals surface area contributed by atoms with E-state index in [1.165, 1.54) is 16.9 Å². The Morgan fingerprint density at radius 3 is 2.75 bits per heavy atom. The molecule has 3 aromatic carbocycles. The molecule has 6 rings (SSSR count). The van der Waals surface area contributed by atoms with Crippen LogP contribution in [-0.4, -0.2) is 11.7 Å². The molecule has 4 nitrogen and oxygen atoms in total. The molecule has 1 aliphatic carbocycles. The monoisotopic (exact) mass is 596 g/mol. The summed E-state index contributed by atoms with van der Waals surface area (Å²) in [5.74, 6) is 0.718. The average Bonchev–Trinajstić information content (AvgIpc) is 3.19. The van der Waals surface area contributed by atoms with Gasteiger partial charge in [0.1, 0.15) is 5.75 Å². The Bertz CT molecular complexity index is 1760. The number of hydrogen-bond donors (Lipinski definition) is 0. The van der Waals surface area contributed by atoms with Crippen LogP contribution in [0.3, 0.4) is 0 Å². The van der Waals surface area contributed by atoms with Crippen molar-refractivity contribution >= 4 is 62.2 Å². The topological polar surface area (TPSA) is 43.6 Å². The van der Waals surface area contributed by atoms with E-state index in [1.807, 2.05) is 42.5 Å². The summed E-state index contributed by atoms with van der Waals surface area (Å²) in [6.07, 6.45) is 3.56. The number of benzene rings is 3. The van der Waals surface area contributed by atoms with Gasteiger partial charge in [0.25, 0.3) is 5.56 Å². The first-order valence-electron chi connectivity index (χ1n) is 11.4. The fourth-order valence-corrected chi connectivity index (χ4v) is 6.79. The SMILES string of the molecule is COc1ccc(Br)c(C=c2sc3n(c2=O)C(c2ccc(Cl)cc2Cl)C2=C(N=3)c3ccccc3CC2)c1. The second-order valence-electron chi connectivity index (χ2n) is 8.67. The minimum Gasteiger partial charge on any atom is -0.497 e. The molecule has 1 atom stereocenters. The number of thiazole rings is 1. The Hall–Kier alpha value is -2.64. The fourth-order valence-electron chi connectivity index (χ4n) is 4.92. The van der Waals surface area contributed by atoms with Gasteiger partial charge >= 0.3 is 0 Å². The Labute approximate surface area is 229 Å². The summed E-state index contributed by atoms with van der Waals surface area (Å²) >= 11 is 17.9. The van der Waals surface area contributed by atoms with Crippen molar-refractivity contribution in [3.8, 4) is 5.75 Å². The molecule has 180 valence electrons. The van der Waals surface area contributed by atoms with E-state index in [4.69, 9.17) is 32.9 Å². The van der Waals surface area contributed by atoms with Crippen molar-refractivity contribution < 1.29 is 4.74 Å². The molecule has 0 amide bonds. The molecule has 0 fully saturated rings. The van der Waals surface area contributed by atoms with Crippen LogP contribution in [-0.2, 0) is 6.42 Å². The van der Waals surface area contributed by atoms with E-state index in [0.717, 1.165) is 51.0 Å². The Kier molecular flexibility index (Phi) is 6.16. The van der Waals surface area contributed by atoms with Gasteiger partial charge in [0, 0.05) is 20.1 Å². The fraction of sp³-hybridized carbons (Fsp3) is 0.143. The van der Waals surface area contributed by atoms with Crippen LogP contribution in [0, 0.1) is 0 Å². The highest BCUT2D eigenvalue weighted by molar-refractivity contribution is 9.10. The lowest BCUT2D eigenvalue weighted by Crippen LogP contribution is -2.38. The van der Waals surface area contributed by atoms with E-state index >= 15 is 0 Å². The van der Waals surface area contributed by atoms with Crippen molar-refractivity contribution in [2.45, 2.75) is 18.9 Å².